The second kappa shape index (κ2) is 5.07. The number of alkyl halides is 3. The molecule has 0 bridgehead atoms. The first-order valence-electron chi connectivity index (χ1n) is 5.23. The van der Waals surface area contributed by atoms with E-state index in [1.165, 1.54) is 17.4 Å². The number of hydrogen-bond acceptors (Lipinski definition) is 3. The van der Waals surface area contributed by atoms with Gasteiger partial charge < -0.3 is 5.11 Å². The van der Waals surface area contributed by atoms with Crippen LogP contribution in [-0.2, 0) is 12.6 Å². The van der Waals surface area contributed by atoms with Gasteiger partial charge in [-0.3, -0.25) is 0 Å². The number of halogens is 3. The van der Waals surface area contributed by atoms with Crippen molar-refractivity contribution < 1.29 is 18.3 Å². The largest absolute Gasteiger partial charge is 0.416 e. The summed E-state index contributed by atoms with van der Waals surface area (Å²) >= 11 is 1.27. The molecule has 0 aliphatic carbocycles. The Labute approximate surface area is 106 Å². The molecule has 2 nitrogen and oxygen atoms in total. The predicted molar refractivity (Wildman–Crippen MR) is 63.3 cm³/mol. The van der Waals surface area contributed by atoms with Crippen molar-refractivity contribution in [1.29, 1.82) is 0 Å². The summed E-state index contributed by atoms with van der Waals surface area (Å²) in [6.45, 7) is -0.0221. The number of aromatic nitrogens is 1. The molecule has 0 spiro atoms. The van der Waals surface area contributed by atoms with E-state index >= 15 is 0 Å². The minimum atomic E-state index is -4.35. The number of hydrogen-bond donors (Lipinski definition) is 1. The van der Waals surface area contributed by atoms with E-state index < -0.39 is 11.7 Å². The van der Waals surface area contributed by atoms with Gasteiger partial charge in [-0.05, 0) is 12.1 Å². The fourth-order valence-electron chi connectivity index (χ4n) is 1.50. The van der Waals surface area contributed by atoms with Crippen molar-refractivity contribution in [3.05, 3.63) is 40.9 Å². The van der Waals surface area contributed by atoms with Gasteiger partial charge in [-0.25, -0.2) is 4.98 Å². The van der Waals surface area contributed by atoms with E-state index in [0.717, 1.165) is 12.1 Å². The number of aliphatic hydroxyl groups is 1. The number of rotatable bonds is 3. The number of benzene rings is 1. The van der Waals surface area contributed by atoms with Gasteiger partial charge in [-0.15, -0.1) is 11.3 Å². The maximum absolute atomic E-state index is 12.6. The number of nitrogens with zero attached hydrogens (tertiary/aromatic N) is 1. The van der Waals surface area contributed by atoms with Crippen LogP contribution in [0.4, 0.5) is 13.2 Å². The van der Waals surface area contributed by atoms with Gasteiger partial charge in [-0.2, -0.15) is 13.2 Å². The zero-order valence-electron chi connectivity index (χ0n) is 9.24. The molecule has 1 heterocycles. The Morgan fingerprint density at radius 1 is 1.28 bits per heavy atom. The van der Waals surface area contributed by atoms with Crippen molar-refractivity contribution in [2.45, 2.75) is 12.6 Å². The van der Waals surface area contributed by atoms with Gasteiger partial charge in [0.2, 0.25) is 0 Å². The van der Waals surface area contributed by atoms with Crippen LogP contribution in [-0.4, -0.2) is 16.7 Å². The highest BCUT2D eigenvalue weighted by atomic mass is 32.1. The zero-order chi connectivity index (χ0) is 13.2. The van der Waals surface area contributed by atoms with Crippen LogP contribution in [0.25, 0.3) is 10.6 Å². The molecule has 2 rings (SSSR count). The lowest BCUT2D eigenvalue weighted by Gasteiger charge is -2.07. The molecule has 0 aliphatic heterocycles. The maximum atomic E-state index is 12.6. The molecule has 6 heteroatoms. The first-order valence-corrected chi connectivity index (χ1v) is 6.11. The highest BCUT2D eigenvalue weighted by molar-refractivity contribution is 7.13. The molecule has 1 N–H and O–H groups in total. The van der Waals surface area contributed by atoms with E-state index in [9.17, 15) is 13.2 Å². The van der Waals surface area contributed by atoms with Gasteiger partial charge in [0.05, 0.1) is 11.3 Å². The minimum Gasteiger partial charge on any atom is -0.396 e. The van der Waals surface area contributed by atoms with Gasteiger partial charge in [0.25, 0.3) is 0 Å². The highest BCUT2D eigenvalue weighted by Crippen LogP contribution is 2.33. The molecule has 0 saturated carbocycles. The maximum Gasteiger partial charge on any atom is 0.416 e. The van der Waals surface area contributed by atoms with Crippen molar-refractivity contribution in [3.8, 4) is 10.6 Å². The van der Waals surface area contributed by atoms with E-state index in [1.54, 1.807) is 11.4 Å². The number of aliphatic hydroxyl groups excluding tert-OH is 1. The molecule has 0 radical (unpaired) electrons. The Morgan fingerprint density at radius 3 is 2.72 bits per heavy atom. The summed E-state index contributed by atoms with van der Waals surface area (Å²) in [6.07, 6.45) is -3.93. The molecule has 0 fully saturated rings. The third kappa shape index (κ3) is 2.88. The SMILES string of the molecule is OCCc1csc(-c2cccc(C(F)(F)F)c2)n1. The molecule has 0 amide bonds. The van der Waals surface area contributed by atoms with Gasteiger partial charge in [0.15, 0.2) is 0 Å². The smallest absolute Gasteiger partial charge is 0.396 e. The summed E-state index contributed by atoms with van der Waals surface area (Å²) < 4.78 is 37.7. The summed E-state index contributed by atoms with van der Waals surface area (Å²) in [5.74, 6) is 0. The molecule has 0 aliphatic rings. The zero-order valence-corrected chi connectivity index (χ0v) is 10.1. The van der Waals surface area contributed by atoms with E-state index in [1.807, 2.05) is 0 Å². The third-order valence-electron chi connectivity index (χ3n) is 2.36. The van der Waals surface area contributed by atoms with Crippen LogP contribution in [0.2, 0.25) is 0 Å². The van der Waals surface area contributed by atoms with E-state index in [-0.39, 0.29) is 6.61 Å². The summed E-state index contributed by atoms with van der Waals surface area (Å²) in [5, 5.41) is 11.0. The summed E-state index contributed by atoms with van der Waals surface area (Å²) in [4.78, 5) is 4.18. The van der Waals surface area contributed by atoms with E-state index in [4.69, 9.17) is 5.11 Å². The lowest BCUT2D eigenvalue weighted by Crippen LogP contribution is -2.04. The summed E-state index contributed by atoms with van der Waals surface area (Å²) in [5.41, 5.74) is 0.452. The van der Waals surface area contributed by atoms with Crippen LogP contribution in [0.3, 0.4) is 0 Å². The van der Waals surface area contributed by atoms with Crippen molar-refractivity contribution in [3.63, 3.8) is 0 Å². The molecular formula is C12H10F3NOS. The van der Waals surface area contributed by atoms with Crippen molar-refractivity contribution >= 4 is 11.3 Å². The second-order valence-corrected chi connectivity index (χ2v) is 4.55. The summed E-state index contributed by atoms with van der Waals surface area (Å²) in [7, 11) is 0. The monoisotopic (exact) mass is 273 g/mol. The first kappa shape index (κ1) is 13.0. The van der Waals surface area contributed by atoms with E-state index in [2.05, 4.69) is 4.98 Å². The van der Waals surface area contributed by atoms with E-state index in [0.29, 0.717) is 22.7 Å². The van der Waals surface area contributed by atoms with Gasteiger partial charge in [0, 0.05) is 24.0 Å². The van der Waals surface area contributed by atoms with Crippen LogP contribution >= 0.6 is 11.3 Å². The third-order valence-corrected chi connectivity index (χ3v) is 3.30. The Bertz CT molecular complexity index is 536. The quantitative estimate of drug-likeness (QED) is 0.930. The van der Waals surface area contributed by atoms with Crippen molar-refractivity contribution in [2.24, 2.45) is 0 Å². The molecule has 1 aromatic carbocycles. The fourth-order valence-corrected chi connectivity index (χ4v) is 2.35. The van der Waals surface area contributed by atoms with Crippen LogP contribution < -0.4 is 0 Å². The summed E-state index contributed by atoms with van der Waals surface area (Å²) in [6, 6.07) is 5.08. The van der Waals surface area contributed by atoms with Gasteiger partial charge in [0.1, 0.15) is 5.01 Å². The van der Waals surface area contributed by atoms with Crippen LogP contribution in [0.5, 0.6) is 0 Å². The predicted octanol–water partition coefficient (Wildman–Crippen LogP) is 3.36. The molecule has 0 atom stereocenters. The first-order chi connectivity index (χ1) is 8.50. The average Bonchev–Trinajstić information content (AvgIpc) is 2.77. The van der Waals surface area contributed by atoms with Crippen LogP contribution in [0.15, 0.2) is 29.6 Å². The fraction of sp³-hybridized carbons (Fsp3) is 0.250. The standard InChI is InChI=1S/C12H10F3NOS/c13-12(14,15)9-3-1-2-8(6-9)11-16-10(4-5-17)7-18-11/h1-3,6-7,17H,4-5H2. The van der Waals surface area contributed by atoms with Crippen LogP contribution in [0.1, 0.15) is 11.3 Å². The topological polar surface area (TPSA) is 33.1 Å². The Balaban J connectivity index is 2.32. The Morgan fingerprint density at radius 2 is 2.06 bits per heavy atom. The molecule has 0 saturated heterocycles. The molecule has 96 valence electrons. The van der Waals surface area contributed by atoms with Gasteiger partial charge in [-0.1, -0.05) is 12.1 Å². The molecule has 18 heavy (non-hydrogen) atoms. The molecule has 0 unspecified atom stereocenters. The minimum absolute atomic E-state index is 0.0221. The number of thiazole rings is 1. The highest BCUT2D eigenvalue weighted by Gasteiger charge is 2.30. The molecule has 1 aromatic heterocycles. The normalized spacial score (nSPS) is 11.8. The lowest BCUT2D eigenvalue weighted by atomic mass is 10.1. The van der Waals surface area contributed by atoms with Gasteiger partial charge >= 0.3 is 6.18 Å². The van der Waals surface area contributed by atoms with Crippen molar-refractivity contribution in [1.82, 2.24) is 4.98 Å². The molecular weight excluding hydrogens is 263 g/mol. The second-order valence-electron chi connectivity index (χ2n) is 3.70. The van der Waals surface area contributed by atoms with Crippen LogP contribution in [0, 0.1) is 0 Å². The molecule has 2 aromatic rings. The van der Waals surface area contributed by atoms with Crippen molar-refractivity contribution in [2.75, 3.05) is 6.61 Å². The Kier molecular flexibility index (Phi) is 3.68. The Hall–Kier alpha value is -1.40. The average molecular weight is 273 g/mol. The lowest BCUT2D eigenvalue weighted by molar-refractivity contribution is -0.137.